The lowest BCUT2D eigenvalue weighted by molar-refractivity contribution is -0.862. The summed E-state index contributed by atoms with van der Waals surface area (Å²) in [5.74, 6) is 5.98. The molecule has 0 spiro atoms. The first-order valence-corrected chi connectivity index (χ1v) is 4.68. The fraction of sp³-hybridized carbons (Fsp3) is 0.700. The van der Waals surface area contributed by atoms with Gasteiger partial charge in [0.1, 0.15) is 13.1 Å². The summed E-state index contributed by atoms with van der Waals surface area (Å²) in [7, 11) is 6.23. The molecule has 1 aliphatic rings. The summed E-state index contributed by atoms with van der Waals surface area (Å²) < 4.78 is 0.807. The standard InChI is InChI=1S/C10H17N2O2/c1-12(2,3)8-5-4-7-11-10(13)6-9-14-11/h6-9H2,1-3H3/q+1. The van der Waals surface area contributed by atoms with E-state index in [0.29, 0.717) is 19.6 Å². The predicted octanol–water partition coefficient (Wildman–Crippen LogP) is -0.140. The molecule has 1 saturated heterocycles. The van der Waals surface area contributed by atoms with Crippen molar-refractivity contribution < 1.29 is 14.1 Å². The summed E-state index contributed by atoms with van der Waals surface area (Å²) in [6, 6.07) is 0. The maximum absolute atomic E-state index is 11.1. The minimum atomic E-state index is 0.0320. The molecule has 0 unspecified atom stereocenters. The van der Waals surface area contributed by atoms with Crippen LogP contribution < -0.4 is 0 Å². The van der Waals surface area contributed by atoms with E-state index < -0.39 is 0 Å². The average molecular weight is 197 g/mol. The van der Waals surface area contributed by atoms with E-state index in [1.807, 2.05) is 0 Å². The molecule has 4 nitrogen and oxygen atoms in total. The first-order chi connectivity index (χ1) is 6.49. The Bertz CT molecular complexity index is 270. The SMILES string of the molecule is C[N+](C)(C)CC#CCN1OCCC1=O. The summed E-state index contributed by atoms with van der Waals surface area (Å²) in [6.07, 6.45) is 0.483. The highest BCUT2D eigenvalue weighted by molar-refractivity contribution is 5.76. The number of quaternary nitrogens is 1. The Morgan fingerprint density at radius 2 is 2.14 bits per heavy atom. The summed E-state index contributed by atoms with van der Waals surface area (Å²) >= 11 is 0. The monoisotopic (exact) mass is 197 g/mol. The molecule has 0 bridgehead atoms. The zero-order chi connectivity index (χ0) is 10.6. The van der Waals surface area contributed by atoms with Crippen molar-refractivity contribution in [3.8, 4) is 11.8 Å². The van der Waals surface area contributed by atoms with Gasteiger partial charge in [-0.1, -0.05) is 5.92 Å². The molecule has 1 aliphatic heterocycles. The van der Waals surface area contributed by atoms with Gasteiger partial charge < -0.3 is 4.48 Å². The third kappa shape index (κ3) is 3.77. The van der Waals surface area contributed by atoms with Crippen LogP contribution in [0.25, 0.3) is 0 Å². The smallest absolute Gasteiger partial charge is 0.249 e. The number of hydroxylamine groups is 2. The molecule has 78 valence electrons. The molecular formula is C10H17N2O2+. The van der Waals surface area contributed by atoms with E-state index in [1.54, 1.807) is 0 Å². The van der Waals surface area contributed by atoms with Gasteiger partial charge in [-0.25, -0.2) is 5.06 Å². The van der Waals surface area contributed by atoms with E-state index >= 15 is 0 Å². The summed E-state index contributed by atoms with van der Waals surface area (Å²) in [5, 5.41) is 1.34. The van der Waals surface area contributed by atoms with Crippen molar-refractivity contribution in [1.82, 2.24) is 5.06 Å². The van der Waals surface area contributed by atoms with Gasteiger partial charge >= 0.3 is 0 Å². The Hall–Kier alpha value is -1.05. The third-order valence-electron chi connectivity index (χ3n) is 1.74. The lowest BCUT2D eigenvalue weighted by atomic mass is 10.4. The molecule has 0 aromatic heterocycles. The first kappa shape index (κ1) is 11.0. The van der Waals surface area contributed by atoms with Crippen LogP contribution in [0.2, 0.25) is 0 Å². The molecule has 0 atom stereocenters. The second-order valence-electron chi connectivity index (χ2n) is 4.32. The van der Waals surface area contributed by atoms with Crippen molar-refractivity contribution in [3.63, 3.8) is 0 Å². The number of rotatable bonds is 2. The zero-order valence-corrected chi connectivity index (χ0v) is 9.04. The molecule has 1 amide bonds. The summed E-state index contributed by atoms with van der Waals surface area (Å²) in [5.41, 5.74) is 0. The number of carbonyl (C=O) groups excluding carboxylic acids is 1. The van der Waals surface area contributed by atoms with E-state index in [0.717, 1.165) is 11.0 Å². The Morgan fingerprint density at radius 3 is 2.64 bits per heavy atom. The number of hydrogen-bond donors (Lipinski definition) is 0. The maximum Gasteiger partial charge on any atom is 0.249 e. The van der Waals surface area contributed by atoms with Crippen LogP contribution in [0.3, 0.4) is 0 Å². The number of nitrogens with zero attached hydrogens (tertiary/aromatic N) is 2. The van der Waals surface area contributed by atoms with Crippen LogP contribution in [0.5, 0.6) is 0 Å². The molecule has 0 aromatic rings. The minimum absolute atomic E-state index is 0.0320. The normalized spacial score (nSPS) is 16.8. The van der Waals surface area contributed by atoms with Gasteiger partial charge in [-0.2, -0.15) is 0 Å². The number of carbonyl (C=O) groups is 1. The number of amides is 1. The Morgan fingerprint density at radius 1 is 1.43 bits per heavy atom. The molecule has 4 heteroatoms. The van der Waals surface area contributed by atoms with E-state index in [1.165, 1.54) is 5.06 Å². The van der Waals surface area contributed by atoms with Crippen molar-refractivity contribution in [3.05, 3.63) is 0 Å². The fourth-order valence-electron chi connectivity index (χ4n) is 0.994. The molecule has 0 aromatic carbocycles. The lowest BCUT2D eigenvalue weighted by Gasteiger charge is -2.20. The van der Waals surface area contributed by atoms with Crippen LogP contribution in [0, 0.1) is 11.8 Å². The highest BCUT2D eigenvalue weighted by atomic mass is 16.7. The van der Waals surface area contributed by atoms with Gasteiger partial charge in [0.25, 0.3) is 0 Å². The predicted molar refractivity (Wildman–Crippen MR) is 53.0 cm³/mol. The minimum Gasteiger partial charge on any atom is -0.321 e. The van der Waals surface area contributed by atoms with Crippen LogP contribution in [0.4, 0.5) is 0 Å². The quantitative estimate of drug-likeness (QED) is 0.455. The Balaban J connectivity index is 2.29. The Kier molecular flexibility index (Phi) is 3.50. The second kappa shape index (κ2) is 4.45. The molecule has 1 fully saturated rings. The van der Waals surface area contributed by atoms with Gasteiger partial charge in [0.05, 0.1) is 34.2 Å². The van der Waals surface area contributed by atoms with Gasteiger partial charge in [0, 0.05) is 0 Å². The first-order valence-electron chi connectivity index (χ1n) is 4.68. The Labute approximate surface area is 85.0 Å². The van der Waals surface area contributed by atoms with Crippen LogP contribution >= 0.6 is 0 Å². The average Bonchev–Trinajstić information content (AvgIpc) is 2.44. The van der Waals surface area contributed by atoms with E-state index in [4.69, 9.17) is 4.84 Å². The summed E-state index contributed by atoms with van der Waals surface area (Å²) in [6.45, 7) is 1.66. The molecule has 14 heavy (non-hydrogen) atoms. The van der Waals surface area contributed by atoms with Gasteiger partial charge in [-0.05, 0) is 5.92 Å². The van der Waals surface area contributed by atoms with E-state index in [-0.39, 0.29) is 5.91 Å². The van der Waals surface area contributed by atoms with Crippen LogP contribution in [-0.2, 0) is 9.63 Å². The molecular weight excluding hydrogens is 180 g/mol. The molecule has 0 N–H and O–H groups in total. The van der Waals surface area contributed by atoms with Crippen LogP contribution in [0.1, 0.15) is 6.42 Å². The van der Waals surface area contributed by atoms with Crippen LogP contribution in [0.15, 0.2) is 0 Å². The second-order valence-corrected chi connectivity index (χ2v) is 4.32. The van der Waals surface area contributed by atoms with Crippen molar-refractivity contribution in [2.75, 3.05) is 40.8 Å². The molecule has 1 heterocycles. The van der Waals surface area contributed by atoms with E-state index in [9.17, 15) is 4.79 Å². The zero-order valence-electron chi connectivity index (χ0n) is 9.04. The molecule has 0 radical (unpaired) electrons. The molecule has 1 rings (SSSR count). The van der Waals surface area contributed by atoms with Crippen molar-refractivity contribution in [1.29, 1.82) is 0 Å². The van der Waals surface area contributed by atoms with E-state index in [2.05, 4.69) is 33.0 Å². The molecule has 0 aliphatic carbocycles. The van der Waals surface area contributed by atoms with Crippen LogP contribution in [-0.4, -0.2) is 56.3 Å². The van der Waals surface area contributed by atoms with Gasteiger partial charge in [-0.15, -0.1) is 0 Å². The maximum atomic E-state index is 11.1. The highest BCUT2D eigenvalue weighted by Crippen LogP contribution is 2.04. The lowest BCUT2D eigenvalue weighted by Crippen LogP contribution is -2.34. The fourth-order valence-corrected chi connectivity index (χ4v) is 0.994. The summed E-state index contributed by atoms with van der Waals surface area (Å²) in [4.78, 5) is 16.2. The van der Waals surface area contributed by atoms with Crippen molar-refractivity contribution >= 4 is 5.91 Å². The van der Waals surface area contributed by atoms with Gasteiger partial charge in [0.15, 0.2) is 0 Å². The molecule has 0 saturated carbocycles. The van der Waals surface area contributed by atoms with Gasteiger partial charge in [0.2, 0.25) is 5.91 Å². The highest BCUT2D eigenvalue weighted by Gasteiger charge is 2.19. The topological polar surface area (TPSA) is 29.5 Å². The largest absolute Gasteiger partial charge is 0.321 e. The van der Waals surface area contributed by atoms with Crippen molar-refractivity contribution in [2.45, 2.75) is 6.42 Å². The van der Waals surface area contributed by atoms with Gasteiger partial charge in [-0.3, -0.25) is 9.63 Å². The number of hydrogen-bond acceptors (Lipinski definition) is 2. The third-order valence-corrected chi connectivity index (χ3v) is 1.74. The van der Waals surface area contributed by atoms with Crippen molar-refractivity contribution in [2.24, 2.45) is 0 Å².